The Labute approximate surface area is 76.5 Å². The second-order valence-corrected chi connectivity index (χ2v) is 4.95. The standard InChI is InChI=1S/C11H22O/c1-5-10(2,3)11(4)7-6-8-12-9-11/h5-9H2,1-4H3. The smallest absolute Gasteiger partial charge is 0.0524 e. The van der Waals surface area contributed by atoms with Crippen molar-refractivity contribution in [2.45, 2.75) is 47.0 Å². The molecule has 12 heavy (non-hydrogen) atoms. The highest BCUT2D eigenvalue weighted by molar-refractivity contribution is 4.90. The molecule has 0 aromatic rings. The zero-order valence-electron chi connectivity index (χ0n) is 8.94. The normalized spacial score (nSPS) is 32.0. The van der Waals surface area contributed by atoms with Crippen molar-refractivity contribution in [3.63, 3.8) is 0 Å². The van der Waals surface area contributed by atoms with Gasteiger partial charge in [-0.05, 0) is 23.7 Å². The molecule has 0 radical (unpaired) electrons. The Morgan fingerprint density at radius 2 is 2.08 bits per heavy atom. The van der Waals surface area contributed by atoms with E-state index >= 15 is 0 Å². The van der Waals surface area contributed by atoms with E-state index in [0.29, 0.717) is 10.8 Å². The van der Waals surface area contributed by atoms with Gasteiger partial charge in [0.2, 0.25) is 0 Å². The summed E-state index contributed by atoms with van der Waals surface area (Å²) in [6.07, 6.45) is 3.81. The summed E-state index contributed by atoms with van der Waals surface area (Å²) in [6, 6.07) is 0. The van der Waals surface area contributed by atoms with Crippen LogP contribution in [0.3, 0.4) is 0 Å². The van der Waals surface area contributed by atoms with Crippen LogP contribution >= 0.6 is 0 Å². The van der Waals surface area contributed by atoms with Gasteiger partial charge in [0.05, 0.1) is 6.61 Å². The molecule has 72 valence electrons. The fourth-order valence-electron chi connectivity index (χ4n) is 1.89. The zero-order chi connectivity index (χ0) is 9.24. The van der Waals surface area contributed by atoms with Crippen molar-refractivity contribution in [2.24, 2.45) is 10.8 Å². The minimum Gasteiger partial charge on any atom is -0.381 e. The van der Waals surface area contributed by atoms with E-state index in [9.17, 15) is 0 Å². The summed E-state index contributed by atoms with van der Waals surface area (Å²) < 4.78 is 5.57. The lowest BCUT2D eigenvalue weighted by atomic mass is 9.63. The Kier molecular flexibility index (Phi) is 2.82. The third-order valence-corrected chi connectivity index (χ3v) is 3.96. The molecule has 0 saturated carbocycles. The summed E-state index contributed by atoms with van der Waals surface area (Å²) in [5, 5.41) is 0. The van der Waals surface area contributed by atoms with E-state index in [4.69, 9.17) is 4.74 Å². The maximum Gasteiger partial charge on any atom is 0.0524 e. The van der Waals surface area contributed by atoms with E-state index in [1.165, 1.54) is 19.3 Å². The first kappa shape index (κ1) is 10.0. The van der Waals surface area contributed by atoms with Crippen LogP contribution in [0.25, 0.3) is 0 Å². The Bertz CT molecular complexity index is 143. The average Bonchev–Trinajstić information content (AvgIpc) is 2.06. The second kappa shape index (κ2) is 3.37. The Balaban J connectivity index is 2.68. The molecule has 1 atom stereocenters. The fraction of sp³-hybridized carbons (Fsp3) is 1.00. The molecule has 1 aliphatic rings. The zero-order valence-corrected chi connectivity index (χ0v) is 8.94. The summed E-state index contributed by atoms with van der Waals surface area (Å²) in [7, 11) is 0. The van der Waals surface area contributed by atoms with Crippen molar-refractivity contribution in [2.75, 3.05) is 13.2 Å². The van der Waals surface area contributed by atoms with E-state index in [0.717, 1.165) is 13.2 Å². The first-order valence-corrected chi connectivity index (χ1v) is 5.10. The average molecular weight is 170 g/mol. The van der Waals surface area contributed by atoms with Crippen LogP contribution in [-0.4, -0.2) is 13.2 Å². The summed E-state index contributed by atoms with van der Waals surface area (Å²) in [5.74, 6) is 0. The molecule has 1 saturated heterocycles. The second-order valence-electron chi connectivity index (χ2n) is 4.95. The molecular weight excluding hydrogens is 148 g/mol. The van der Waals surface area contributed by atoms with E-state index in [1.807, 2.05) is 0 Å². The molecule has 0 bridgehead atoms. The quantitative estimate of drug-likeness (QED) is 0.618. The fourth-order valence-corrected chi connectivity index (χ4v) is 1.89. The van der Waals surface area contributed by atoms with Crippen molar-refractivity contribution < 1.29 is 4.74 Å². The SMILES string of the molecule is CCC(C)(C)C1(C)CCCOC1. The van der Waals surface area contributed by atoms with Gasteiger partial charge in [-0.3, -0.25) is 0 Å². The highest BCUT2D eigenvalue weighted by Crippen LogP contribution is 2.46. The van der Waals surface area contributed by atoms with Gasteiger partial charge in [0.25, 0.3) is 0 Å². The van der Waals surface area contributed by atoms with Crippen molar-refractivity contribution in [1.82, 2.24) is 0 Å². The van der Waals surface area contributed by atoms with E-state index in [2.05, 4.69) is 27.7 Å². The highest BCUT2D eigenvalue weighted by Gasteiger charge is 2.40. The van der Waals surface area contributed by atoms with Crippen molar-refractivity contribution in [3.8, 4) is 0 Å². The molecule has 1 rings (SSSR count). The van der Waals surface area contributed by atoms with Crippen LogP contribution in [-0.2, 0) is 4.74 Å². The first-order chi connectivity index (χ1) is 5.52. The molecule has 0 aromatic heterocycles. The summed E-state index contributed by atoms with van der Waals surface area (Å²) >= 11 is 0. The van der Waals surface area contributed by atoms with Gasteiger partial charge < -0.3 is 4.74 Å². The van der Waals surface area contributed by atoms with Gasteiger partial charge in [0, 0.05) is 6.61 Å². The lowest BCUT2D eigenvalue weighted by Crippen LogP contribution is -2.41. The lowest BCUT2D eigenvalue weighted by Gasteiger charge is -2.46. The van der Waals surface area contributed by atoms with Crippen LogP contribution < -0.4 is 0 Å². The van der Waals surface area contributed by atoms with Crippen molar-refractivity contribution in [3.05, 3.63) is 0 Å². The summed E-state index contributed by atoms with van der Waals surface area (Å²) in [6.45, 7) is 11.3. The highest BCUT2D eigenvalue weighted by atomic mass is 16.5. The van der Waals surface area contributed by atoms with E-state index in [-0.39, 0.29) is 0 Å². The van der Waals surface area contributed by atoms with Crippen LogP contribution in [0.4, 0.5) is 0 Å². The van der Waals surface area contributed by atoms with Crippen molar-refractivity contribution in [1.29, 1.82) is 0 Å². The van der Waals surface area contributed by atoms with Crippen LogP contribution in [0, 0.1) is 10.8 Å². The van der Waals surface area contributed by atoms with Crippen LogP contribution in [0.2, 0.25) is 0 Å². The largest absolute Gasteiger partial charge is 0.381 e. The molecular formula is C11H22O. The van der Waals surface area contributed by atoms with Crippen molar-refractivity contribution >= 4 is 0 Å². The summed E-state index contributed by atoms with van der Waals surface area (Å²) in [5.41, 5.74) is 0.827. The molecule has 0 aliphatic carbocycles. The van der Waals surface area contributed by atoms with Crippen LogP contribution in [0.15, 0.2) is 0 Å². The van der Waals surface area contributed by atoms with Gasteiger partial charge in [-0.25, -0.2) is 0 Å². The lowest BCUT2D eigenvalue weighted by molar-refractivity contribution is -0.0662. The van der Waals surface area contributed by atoms with Gasteiger partial charge in [0.15, 0.2) is 0 Å². The number of hydrogen-bond donors (Lipinski definition) is 0. The molecule has 1 heteroatoms. The number of rotatable bonds is 2. The first-order valence-electron chi connectivity index (χ1n) is 5.10. The molecule has 1 heterocycles. The molecule has 0 N–H and O–H groups in total. The molecule has 1 fully saturated rings. The Morgan fingerprint density at radius 1 is 1.42 bits per heavy atom. The molecule has 0 spiro atoms. The van der Waals surface area contributed by atoms with Gasteiger partial charge in [-0.1, -0.05) is 34.1 Å². The third-order valence-electron chi connectivity index (χ3n) is 3.96. The van der Waals surface area contributed by atoms with Gasteiger partial charge in [-0.2, -0.15) is 0 Å². The predicted molar refractivity (Wildman–Crippen MR) is 52.2 cm³/mol. The summed E-state index contributed by atoms with van der Waals surface area (Å²) in [4.78, 5) is 0. The maximum atomic E-state index is 5.57. The minimum atomic E-state index is 0.403. The topological polar surface area (TPSA) is 9.23 Å². The molecule has 1 unspecified atom stereocenters. The van der Waals surface area contributed by atoms with Gasteiger partial charge in [0.1, 0.15) is 0 Å². The maximum absolute atomic E-state index is 5.57. The van der Waals surface area contributed by atoms with E-state index in [1.54, 1.807) is 0 Å². The van der Waals surface area contributed by atoms with Gasteiger partial charge >= 0.3 is 0 Å². The monoisotopic (exact) mass is 170 g/mol. The Morgan fingerprint density at radius 3 is 2.50 bits per heavy atom. The molecule has 1 nitrogen and oxygen atoms in total. The van der Waals surface area contributed by atoms with Crippen LogP contribution in [0.5, 0.6) is 0 Å². The molecule has 0 amide bonds. The molecule has 1 aliphatic heterocycles. The van der Waals surface area contributed by atoms with Gasteiger partial charge in [-0.15, -0.1) is 0 Å². The molecule has 0 aromatic carbocycles. The number of hydrogen-bond acceptors (Lipinski definition) is 1. The minimum absolute atomic E-state index is 0.403. The predicted octanol–water partition coefficient (Wildman–Crippen LogP) is 3.24. The third kappa shape index (κ3) is 1.66. The van der Waals surface area contributed by atoms with E-state index < -0.39 is 0 Å². The number of ether oxygens (including phenoxy) is 1. The van der Waals surface area contributed by atoms with Crippen LogP contribution in [0.1, 0.15) is 47.0 Å². The Hall–Kier alpha value is -0.0400.